The molecule has 3 rings (SSSR count). The molecule has 0 aliphatic heterocycles. The number of rotatable bonds is 6. The van der Waals surface area contributed by atoms with Crippen molar-refractivity contribution in [2.24, 2.45) is 7.05 Å². The van der Waals surface area contributed by atoms with Gasteiger partial charge in [-0.1, -0.05) is 23.9 Å². The Balaban J connectivity index is 1.80. The van der Waals surface area contributed by atoms with Gasteiger partial charge in [-0.2, -0.15) is 18.4 Å². The van der Waals surface area contributed by atoms with E-state index >= 15 is 0 Å². The van der Waals surface area contributed by atoms with Gasteiger partial charge >= 0.3 is 6.18 Å². The summed E-state index contributed by atoms with van der Waals surface area (Å²) in [7, 11) is 1.16. The molecule has 0 saturated heterocycles. The predicted molar refractivity (Wildman–Crippen MR) is 109 cm³/mol. The number of amides is 1. The summed E-state index contributed by atoms with van der Waals surface area (Å²) in [6, 6.07) is 7.91. The highest BCUT2D eigenvalue weighted by Crippen LogP contribution is 2.30. The summed E-state index contributed by atoms with van der Waals surface area (Å²) in [5, 5.41) is 18.8. The lowest BCUT2D eigenvalue weighted by Crippen LogP contribution is -2.19. The Hall–Kier alpha value is -3.33. The third-order valence-electron chi connectivity index (χ3n) is 4.87. The van der Waals surface area contributed by atoms with E-state index < -0.39 is 17.9 Å². The number of thioether (sulfide) groups is 1. The van der Waals surface area contributed by atoms with Crippen LogP contribution in [0.4, 0.5) is 23.4 Å². The Morgan fingerprint density at radius 2 is 1.88 bits per heavy atom. The number of carbonyl (C=O) groups is 1. The first-order valence-electron chi connectivity index (χ1n) is 9.26. The molecule has 12 heteroatoms. The van der Waals surface area contributed by atoms with Gasteiger partial charge in [0.05, 0.1) is 11.3 Å². The van der Waals surface area contributed by atoms with Gasteiger partial charge in [-0.25, -0.2) is 4.39 Å². The third kappa shape index (κ3) is 4.77. The predicted octanol–water partition coefficient (Wildman–Crippen LogP) is 4.04. The van der Waals surface area contributed by atoms with E-state index in [1.807, 2.05) is 0 Å². The molecule has 2 aromatic heterocycles. The minimum Gasteiger partial charge on any atom is -0.326 e. The fourth-order valence-electron chi connectivity index (χ4n) is 3.09. The third-order valence-corrected chi connectivity index (χ3v) is 5.89. The highest BCUT2D eigenvalue weighted by atomic mass is 32.2. The summed E-state index contributed by atoms with van der Waals surface area (Å²) >= 11 is 0.791. The van der Waals surface area contributed by atoms with Gasteiger partial charge in [0.25, 0.3) is 0 Å². The molecule has 1 N–H and O–H groups in total. The van der Waals surface area contributed by atoms with Gasteiger partial charge in [0, 0.05) is 19.3 Å². The number of nitrogens with one attached hydrogen (secondary N) is 1. The summed E-state index contributed by atoms with van der Waals surface area (Å²) in [5.74, 6) is -2.04. The van der Waals surface area contributed by atoms with Gasteiger partial charge in [0.1, 0.15) is 17.7 Å². The van der Waals surface area contributed by atoms with Crippen LogP contribution < -0.4 is 5.32 Å². The Kier molecular flexibility index (Phi) is 6.59. The molecule has 1 amide bonds. The first-order chi connectivity index (χ1) is 15.0. The quantitative estimate of drug-likeness (QED) is 0.438. The summed E-state index contributed by atoms with van der Waals surface area (Å²) in [6.07, 6.45) is -4.65. The fraction of sp³-hybridized carbons (Fsp3) is 0.300. The molecule has 0 radical (unpaired) electrons. The van der Waals surface area contributed by atoms with Gasteiger partial charge in [0.2, 0.25) is 11.7 Å². The molecule has 0 atom stereocenters. The van der Waals surface area contributed by atoms with Crippen LogP contribution >= 0.6 is 11.8 Å². The maximum absolute atomic E-state index is 13.2. The second kappa shape index (κ2) is 9.04. The van der Waals surface area contributed by atoms with E-state index in [-0.39, 0.29) is 34.7 Å². The number of alkyl halides is 3. The van der Waals surface area contributed by atoms with Crippen molar-refractivity contribution in [3.63, 3.8) is 0 Å². The van der Waals surface area contributed by atoms with Crippen LogP contribution in [0, 0.1) is 31.0 Å². The highest BCUT2D eigenvalue weighted by Gasteiger charge is 2.37. The van der Waals surface area contributed by atoms with E-state index in [1.165, 1.54) is 12.1 Å². The van der Waals surface area contributed by atoms with Gasteiger partial charge in [-0.15, -0.1) is 10.2 Å². The second-order valence-electron chi connectivity index (χ2n) is 6.96. The zero-order valence-corrected chi connectivity index (χ0v) is 18.1. The van der Waals surface area contributed by atoms with Crippen molar-refractivity contribution in [1.29, 1.82) is 5.26 Å². The van der Waals surface area contributed by atoms with E-state index in [0.29, 0.717) is 5.56 Å². The van der Waals surface area contributed by atoms with Crippen LogP contribution in [0.5, 0.6) is 0 Å². The largest absolute Gasteiger partial charge is 0.451 e. The highest BCUT2D eigenvalue weighted by molar-refractivity contribution is 7.99. The van der Waals surface area contributed by atoms with Gasteiger partial charge in [-0.05, 0) is 37.1 Å². The van der Waals surface area contributed by atoms with Crippen molar-refractivity contribution in [2.75, 3.05) is 11.1 Å². The van der Waals surface area contributed by atoms with E-state index in [0.717, 1.165) is 34.6 Å². The molecule has 0 spiro atoms. The average molecular weight is 466 g/mol. The molecule has 0 bridgehead atoms. The number of anilines is 1. The van der Waals surface area contributed by atoms with E-state index in [9.17, 15) is 27.6 Å². The number of nitriles is 1. The van der Waals surface area contributed by atoms with Crippen LogP contribution in [0.3, 0.4) is 0 Å². The monoisotopic (exact) mass is 466 g/mol. The molecule has 0 fully saturated rings. The summed E-state index contributed by atoms with van der Waals surface area (Å²) < 4.78 is 54.3. The molecular formula is C20H18F4N6OS. The molecule has 168 valence electrons. The number of nitrogens with zero attached hydrogens (tertiary/aromatic N) is 5. The van der Waals surface area contributed by atoms with Crippen molar-refractivity contribution < 1.29 is 22.4 Å². The smallest absolute Gasteiger partial charge is 0.326 e. The summed E-state index contributed by atoms with van der Waals surface area (Å²) in [5.41, 5.74) is 2.47. The van der Waals surface area contributed by atoms with Crippen LogP contribution in [-0.2, 0) is 24.6 Å². The molecule has 1 aromatic carbocycles. The standard InChI is InChI=1S/C20H18F4N6OS/c1-11-12(2)30(9-13-4-6-14(21)7-5-13)17(15(11)8-25)26-16(31)10-32-19-28-27-18(29(19)3)20(22,23)24/h4-7H,9-10H2,1-3H3,(H,26,31). The van der Waals surface area contributed by atoms with Gasteiger partial charge < -0.3 is 14.5 Å². The van der Waals surface area contributed by atoms with Gasteiger partial charge in [0.15, 0.2) is 5.16 Å². The van der Waals surface area contributed by atoms with Crippen molar-refractivity contribution >= 4 is 23.5 Å². The molecular weight excluding hydrogens is 448 g/mol. The number of aromatic nitrogens is 4. The summed E-state index contributed by atoms with van der Waals surface area (Å²) in [6.45, 7) is 3.83. The molecule has 0 aliphatic rings. The van der Waals surface area contributed by atoms with Crippen LogP contribution in [0.25, 0.3) is 0 Å². The number of carbonyl (C=O) groups excluding carboxylic acids is 1. The molecule has 0 aliphatic carbocycles. The lowest BCUT2D eigenvalue weighted by atomic mass is 10.2. The molecule has 32 heavy (non-hydrogen) atoms. The van der Waals surface area contributed by atoms with Crippen LogP contribution in [0.1, 0.15) is 28.2 Å². The van der Waals surface area contributed by atoms with Crippen LogP contribution in [0.15, 0.2) is 29.4 Å². The Morgan fingerprint density at radius 3 is 2.44 bits per heavy atom. The topological polar surface area (TPSA) is 88.5 Å². The number of halogens is 4. The van der Waals surface area contributed by atoms with E-state index in [1.54, 1.807) is 30.5 Å². The van der Waals surface area contributed by atoms with Crippen molar-refractivity contribution in [2.45, 2.75) is 31.7 Å². The van der Waals surface area contributed by atoms with Crippen LogP contribution in [-0.4, -0.2) is 31.0 Å². The number of hydrogen-bond donors (Lipinski definition) is 1. The SMILES string of the molecule is Cc1c(C#N)c(NC(=O)CSc2nnc(C(F)(F)F)n2C)n(Cc2ccc(F)cc2)c1C. The molecule has 7 nitrogen and oxygen atoms in total. The normalized spacial score (nSPS) is 11.4. The van der Waals surface area contributed by atoms with E-state index in [4.69, 9.17) is 0 Å². The lowest BCUT2D eigenvalue weighted by Gasteiger charge is -2.13. The summed E-state index contributed by atoms with van der Waals surface area (Å²) in [4.78, 5) is 12.6. The van der Waals surface area contributed by atoms with Gasteiger partial charge in [-0.3, -0.25) is 4.79 Å². The number of hydrogen-bond acceptors (Lipinski definition) is 5. The first kappa shape index (κ1) is 23.3. The molecule has 2 heterocycles. The van der Waals surface area contributed by atoms with Crippen LogP contribution in [0.2, 0.25) is 0 Å². The van der Waals surface area contributed by atoms with Crippen molar-refractivity contribution in [3.05, 3.63) is 58.3 Å². The molecule has 0 unspecified atom stereocenters. The molecule has 0 saturated carbocycles. The number of benzene rings is 1. The minimum absolute atomic E-state index is 0.0676. The van der Waals surface area contributed by atoms with Crippen molar-refractivity contribution in [3.8, 4) is 6.07 Å². The minimum atomic E-state index is -4.65. The fourth-order valence-corrected chi connectivity index (χ4v) is 3.80. The lowest BCUT2D eigenvalue weighted by molar-refractivity contribution is -0.147. The van der Waals surface area contributed by atoms with E-state index in [2.05, 4.69) is 21.6 Å². The Labute approximate surface area is 185 Å². The Bertz CT molecular complexity index is 1190. The van der Waals surface area contributed by atoms with Crippen molar-refractivity contribution in [1.82, 2.24) is 19.3 Å². The Morgan fingerprint density at radius 1 is 1.22 bits per heavy atom. The first-order valence-corrected chi connectivity index (χ1v) is 10.2. The zero-order chi connectivity index (χ0) is 23.6. The zero-order valence-electron chi connectivity index (χ0n) is 17.3. The maximum Gasteiger partial charge on any atom is 0.451 e. The average Bonchev–Trinajstić information content (AvgIpc) is 3.20. The maximum atomic E-state index is 13.2. The second-order valence-corrected chi connectivity index (χ2v) is 7.90. The molecule has 3 aromatic rings.